The molecule has 1 fully saturated rings. The van der Waals surface area contributed by atoms with E-state index in [9.17, 15) is 4.79 Å². The lowest BCUT2D eigenvalue weighted by Crippen LogP contribution is -2.44. The van der Waals surface area contributed by atoms with Crippen molar-refractivity contribution in [3.8, 4) is 0 Å². The lowest BCUT2D eigenvalue weighted by atomic mass is 10.0. The summed E-state index contributed by atoms with van der Waals surface area (Å²) >= 11 is 1.55. The van der Waals surface area contributed by atoms with Crippen LogP contribution in [0.3, 0.4) is 0 Å². The predicted octanol–water partition coefficient (Wildman–Crippen LogP) is 2.12. The molecule has 0 spiro atoms. The molecule has 1 saturated heterocycles. The summed E-state index contributed by atoms with van der Waals surface area (Å²) in [6, 6.07) is 9.64. The molecular formula is C16H20N4OS. The van der Waals surface area contributed by atoms with Crippen LogP contribution < -0.4 is 11.1 Å². The minimum absolute atomic E-state index is 0.0225. The Morgan fingerprint density at radius 1 is 1.32 bits per heavy atom. The van der Waals surface area contributed by atoms with Gasteiger partial charge in [-0.05, 0) is 25.0 Å². The molecule has 3 N–H and O–H groups in total. The number of thiazole rings is 1. The number of benzene rings is 1. The van der Waals surface area contributed by atoms with Crippen molar-refractivity contribution in [2.45, 2.75) is 25.4 Å². The van der Waals surface area contributed by atoms with E-state index in [1.54, 1.807) is 11.3 Å². The number of nitrogens with two attached hydrogens (primary N) is 1. The molecule has 2 aromatic rings. The van der Waals surface area contributed by atoms with E-state index in [0.29, 0.717) is 5.13 Å². The number of hydrogen-bond donors (Lipinski definition) is 2. The van der Waals surface area contributed by atoms with Gasteiger partial charge in [-0.3, -0.25) is 9.69 Å². The van der Waals surface area contributed by atoms with Crippen molar-refractivity contribution < 1.29 is 4.79 Å². The Morgan fingerprint density at radius 2 is 2.05 bits per heavy atom. The SMILES string of the molecule is Nc1ncc(CN2CCC(NC(=O)c3ccccc3)CC2)s1. The van der Waals surface area contributed by atoms with Gasteiger partial charge in [-0.25, -0.2) is 4.98 Å². The van der Waals surface area contributed by atoms with Gasteiger partial charge in [0.25, 0.3) is 5.91 Å². The molecule has 1 aromatic heterocycles. The van der Waals surface area contributed by atoms with E-state index in [-0.39, 0.29) is 11.9 Å². The minimum atomic E-state index is 0.0225. The number of carbonyl (C=O) groups excluding carboxylic acids is 1. The number of rotatable bonds is 4. The molecule has 3 rings (SSSR count). The fraction of sp³-hybridized carbons (Fsp3) is 0.375. The van der Waals surface area contributed by atoms with Gasteiger partial charge >= 0.3 is 0 Å². The Balaban J connectivity index is 1.46. The molecule has 1 aliphatic rings. The van der Waals surface area contributed by atoms with Crippen molar-refractivity contribution in [1.82, 2.24) is 15.2 Å². The van der Waals surface area contributed by atoms with Crippen LogP contribution in [0, 0.1) is 0 Å². The van der Waals surface area contributed by atoms with Gasteiger partial charge in [-0.1, -0.05) is 18.2 Å². The fourth-order valence-electron chi connectivity index (χ4n) is 2.71. The van der Waals surface area contributed by atoms with E-state index >= 15 is 0 Å². The Labute approximate surface area is 134 Å². The van der Waals surface area contributed by atoms with Crippen LogP contribution in [0.15, 0.2) is 36.5 Å². The molecule has 116 valence electrons. The minimum Gasteiger partial charge on any atom is -0.375 e. The number of carbonyl (C=O) groups is 1. The Kier molecular flexibility index (Phi) is 4.70. The maximum absolute atomic E-state index is 12.1. The largest absolute Gasteiger partial charge is 0.375 e. The van der Waals surface area contributed by atoms with Crippen LogP contribution in [0.4, 0.5) is 5.13 Å². The third kappa shape index (κ3) is 3.84. The summed E-state index contributed by atoms with van der Waals surface area (Å²) in [5.74, 6) is 0.0225. The van der Waals surface area contributed by atoms with E-state index in [1.807, 2.05) is 36.5 Å². The smallest absolute Gasteiger partial charge is 0.251 e. The molecule has 1 amide bonds. The fourth-order valence-corrected chi connectivity index (χ4v) is 3.44. The molecule has 6 heteroatoms. The average Bonchev–Trinajstić information content (AvgIpc) is 2.95. The average molecular weight is 316 g/mol. The molecule has 0 radical (unpaired) electrons. The Morgan fingerprint density at radius 3 is 2.68 bits per heavy atom. The second kappa shape index (κ2) is 6.89. The first-order valence-electron chi connectivity index (χ1n) is 7.49. The van der Waals surface area contributed by atoms with Crippen molar-refractivity contribution in [2.75, 3.05) is 18.8 Å². The summed E-state index contributed by atoms with van der Waals surface area (Å²) in [5, 5.41) is 3.75. The van der Waals surface area contributed by atoms with Gasteiger partial charge in [0.05, 0.1) is 0 Å². The van der Waals surface area contributed by atoms with Gasteiger partial charge in [0, 0.05) is 42.3 Å². The number of nitrogens with zero attached hydrogens (tertiary/aromatic N) is 2. The maximum Gasteiger partial charge on any atom is 0.251 e. The summed E-state index contributed by atoms with van der Waals surface area (Å²) < 4.78 is 0. The molecule has 0 aliphatic carbocycles. The number of nitrogens with one attached hydrogen (secondary N) is 1. The quantitative estimate of drug-likeness (QED) is 0.906. The van der Waals surface area contributed by atoms with Gasteiger partial charge in [0.2, 0.25) is 0 Å². The van der Waals surface area contributed by atoms with Gasteiger partial charge in [-0.15, -0.1) is 11.3 Å². The molecule has 0 saturated carbocycles. The number of nitrogen functional groups attached to an aromatic ring is 1. The lowest BCUT2D eigenvalue weighted by Gasteiger charge is -2.31. The molecule has 1 aromatic carbocycles. The summed E-state index contributed by atoms with van der Waals surface area (Å²) in [5.41, 5.74) is 6.38. The number of piperidine rings is 1. The molecule has 22 heavy (non-hydrogen) atoms. The molecule has 0 unspecified atom stereocenters. The van der Waals surface area contributed by atoms with Crippen LogP contribution in [0.2, 0.25) is 0 Å². The van der Waals surface area contributed by atoms with Gasteiger partial charge in [0.1, 0.15) is 0 Å². The number of likely N-dealkylation sites (tertiary alicyclic amines) is 1. The standard InChI is InChI=1S/C16H20N4OS/c17-16-18-10-14(22-16)11-20-8-6-13(7-9-20)19-15(21)12-4-2-1-3-5-12/h1-5,10,13H,6-9,11H2,(H2,17,18)(H,19,21). The Hall–Kier alpha value is -1.92. The van der Waals surface area contributed by atoms with Crippen LogP contribution in [-0.2, 0) is 6.54 Å². The molecule has 0 atom stereocenters. The highest BCUT2D eigenvalue weighted by atomic mass is 32.1. The van der Waals surface area contributed by atoms with E-state index in [2.05, 4.69) is 15.2 Å². The van der Waals surface area contributed by atoms with Crippen LogP contribution in [0.25, 0.3) is 0 Å². The number of anilines is 1. The molecular weight excluding hydrogens is 296 g/mol. The second-order valence-corrected chi connectivity index (χ2v) is 6.70. The van der Waals surface area contributed by atoms with E-state index in [4.69, 9.17) is 5.73 Å². The summed E-state index contributed by atoms with van der Waals surface area (Å²) in [6.45, 7) is 2.86. The molecule has 5 nitrogen and oxygen atoms in total. The van der Waals surface area contributed by atoms with Gasteiger partial charge < -0.3 is 11.1 Å². The van der Waals surface area contributed by atoms with Crippen molar-refractivity contribution in [3.63, 3.8) is 0 Å². The second-order valence-electron chi connectivity index (χ2n) is 5.55. The van der Waals surface area contributed by atoms with Crippen LogP contribution in [0.1, 0.15) is 28.1 Å². The number of amides is 1. The maximum atomic E-state index is 12.1. The Bertz CT molecular complexity index is 620. The van der Waals surface area contributed by atoms with Gasteiger partial charge in [-0.2, -0.15) is 0 Å². The zero-order valence-electron chi connectivity index (χ0n) is 12.4. The summed E-state index contributed by atoms with van der Waals surface area (Å²) in [4.78, 5) is 19.8. The number of hydrogen-bond acceptors (Lipinski definition) is 5. The topological polar surface area (TPSA) is 71.2 Å². The molecule has 2 heterocycles. The van der Waals surface area contributed by atoms with Crippen molar-refractivity contribution in [3.05, 3.63) is 47.0 Å². The van der Waals surface area contributed by atoms with Crippen LogP contribution >= 0.6 is 11.3 Å². The van der Waals surface area contributed by atoms with Crippen molar-refractivity contribution >= 4 is 22.4 Å². The number of aromatic nitrogens is 1. The predicted molar refractivity (Wildman–Crippen MR) is 88.7 cm³/mol. The lowest BCUT2D eigenvalue weighted by molar-refractivity contribution is 0.0909. The first kappa shape index (κ1) is 15.0. The summed E-state index contributed by atoms with van der Waals surface area (Å²) in [6.07, 6.45) is 3.81. The summed E-state index contributed by atoms with van der Waals surface area (Å²) in [7, 11) is 0. The highest BCUT2D eigenvalue weighted by Gasteiger charge is 2.21. The molecule has 0 bridgehead atoms. The first-order valence-corrected chi connectivity index (χ1v) is 8.31. The van der Waals surface area contributed by atoms with Crippen LogP contribution in [-0.4, -0.2) is 34.9 Å². The molecule has 1 aliphatic heterocycles. The van der Waals surface area contributed by atoms with Crippen molar-refractivity contribution in [1.29, 1.82) is 0 Å². The van der Waals surface area contributed by atoms with E-state index in [1.165, 1.54) is 4.88 Å². The third-order valence-electron chi connectivity index (χ3n) is 3.91. The third-order valence-corrected chi connectivity index (χ3v) is 4.72. The van der Waals surface area contributed by atoms with Crippen LogP contribution in [0.5, 0.6) is 0 Å². The van der Waals surface area contributed by atoms with E-state index in [0.717, 1.165) is 38.0 Å². The van der Waals surface area contributed by atoms with E-state index < -0.39 is 0 Å². The first-order chi connectivity index (χ1) is 10.7. The zero-order valence-corrected chi connectivity index (χ0v) is 13.2. The normalized spacial score (nSPS) is 16.5. The van der Waals surface area contributed by atoms with Gasteiger partial charge in [0.15, 0.2) is 5.13 Å². The van der Waals surface area contributed by atoms with Crippen molar-refractivity contribution in [2.24, 2.45) is 0 Å². The highest BCUT2D eigenvalue weighted by molar-refractivity contribution is 7.15. The highest BCUT2D eigenvalue weighted by Crippen LogP contribution is 2.19. The zero-order chi connectivity index (χ0) is 15.4. The monoisotopic (exact) mass is 316 g/mol.